The molecule has 3 N–H and O–H groups in total. The number of carbonyl (C=O) groups is 1. The van der Waals surface area contributed by atoms with E-state index in [0.29, 0.717) is 31.8 Å². The Balaban J connectivity index is 0.00000132. The molecule has 1 aromatic carbocycles. The first-order valence-corrected chi connectivity index (χ1v) is 6.98. The van der Waals surface area contributed by atoms with Gasteiger partial charge in [0.1, 0.15) is 5.82 Å². The molecule has 23 heavy (non-hydrogen) atoms. The number of nitrogens with two attached hydrogens (primary N) is 1. The Hall–Kier alpha value is -1.60. The van der Waals surface area contributed by atoms with Crippen LogP contribution in [0.1, 0.15) is 10.4 Å². The molecule has 6 nitrogen and oxygen atoms in total. The zero-order valence-corrected chi connectivity index (χ0v) is 14.1. The molecular formula is C15H20Cl2N4O2. The van der Waals surface area contributed by atoms with Crippen LogP contribution < -0.4 is 5.73 Å². The van der Waals surface area contributed by atoms with E-state index in [4.69, 9.17) is 10.5 Å². The largest absolute Gasteiger partial charge is 0.373 e. The molecule has 1 aromatic heterocycles. The van der Waals surface area contributed by atoms with E-state index in [2.05, 4.69) is 9.97 Å². The lowest BCUT2D eigenvalue weighted by Gasteiger charge is -2.32. The van der Waals surface area contributed by atoms with Crippen molar-refractivity contribution in [3.8, 4) is 11.4 Å². The van der Waals surface area contributed by atoms with Crippen LogP contribution in [0.2, 0.25) is 0 Å². The fourth-order valence-corrected chi connectivity index (χ4v) is 2.45. The maximum atomic E-state index is 12.6. The zero-order valence-electron chi connectivity index (χ0n) is 12.5. The van der Waals surface area contributed by atoms with Gasteiger partial charge in [0.2, 0.25) is 0 Å². The standard InChI is InChI=1S/C15H18N4O2.2ClH/c16-9-13-10-19(6-7-21-13)15(20)12-3-1-2-11(8-12)14-17-4-5-18-14;;/h1-5,8,13H,6-7,9-10,16H2,(H,17,18);2*1H. The third-order valence-electron chi connectivity index (χ3n) is 3.57. The predicted molar refractivity (Wildman–Crippen MR) is 93.2 cm³/mol. The number of aromatic nitrogens is 2. The second-order valence-corrected chi connectivity index (χ2v) is 5.00. The van der Waals surface area contributed by atoms with Crippen molar-refractivity contribution in [2.24, 2.45) is 5.73 Å². The molecule has 0 bridgehead atoms. The van der Waals surface area contributed by atoms with Gasteiger partial charge in [0, 0.05) is 43.2 Å². The summed E-state index contributed by atoms with van der Waals surface area (Å²) in [5.74, 6) is 0.761. The molecule has 2 aromatic rings. The molecule has 0 saturated carbocycles. The molecule has 0 spiro atoms. The highest BCUT2D eigenvalue weighted by molar-refractivity contribution is 5.95. The van der Waals surface area contributed by atoms with Crippen molar-refractivity contribution in [3.63, 3.8) is 0 Å². The van der Waals surface area contributed by atoms with Crippen LogP contribution in [0.3, 0.4) is 0 Å². The van der Waals surface area contributed by atoms with Crippen LogP contribution in [-0.2, 0) is 4.74 Å². The van der Waals surface area contributed by atoms with Crippen LogP contribution in [0.15, 0.2) is 36.7 Å². The number of hydrogen-bond acceptors (Lipinski definition) is 4. The quantitative estimate of drug-likeness (QED) is 0.874. The Morgan fingerprint density at radius 1 is 1.43 bits per heavy atom. The van der Waals surface area contributed by atoms with Gasteiger partial charge in [-0.15, -0.1) is 24.8 Å². The van der Waals surface area contributed by atoms with Crippen molar-refractivity contribution in [1.29, 1.82) is 0 Å². The number of nitrogens with zero attached hydrogens (tertiary/aromatic N) is 2. The highest BCUT2D eigenvalue weighted by Gasteiger charge is 2.24. The third-order valence-corrected chi connectivity index (χ3v) is 3.57. The van der Waals surface area contributed by atoms with Gasteiger partial charge in [-0.1, -0.05) is 12.1 Å². The molecule has 1 saturated heterocycles. The normalized spacial score (nSPS) is 17.1. The van der Waals surface area contributed by atoms with Crippen LogP contribution in [0.5, 0.6) is 0 Å². The lowest BCUT2D eigenvalue weighted by molar-refractivity contribution is -0.0167. The SMILES string of the molecule is Cl.Cl.NCC1CN(C(=O)c2cccc(-c3ncc[nH]3)c2)CCO1. The predicted octanol–water partition coefficient (Wildman–Crippen LogP) is 1.72. The molecular weight excluding hydrogens is 339 g/mol. The Morgan fingerprint density at radius 3 is 2.96 bits per heavy atom. The van der Waals surface area contributed by atoms with Gasteiger partial charge in [-0.25, -0.2) is 4.98 Å². The number of aromatic amines is 1. The average Bonchev–Trinajstić information content (AvgIpc) is 3.09. The lowest BCUT2D eigenvalue weighted by atomic mass is 10.1. The minimum atomic E-state index is -0.0732. The van der Waals surface area contributed by atoms with E-state index >= 15 is 0 Å². The van der Waals surface area contributed by atoms with Gasteiger partial charge in [0.05, 0.1) is 12.7 Å². The van der Waals surface area contributed by atoms with Crippen LogP contribution in [0.25, 0.3) is 11.4 Å². The van der Waals surface area contributed by atoms with E-state index in [9.17, 15) is 4.79 Å². The Kier molecular flexibility index (Phi) is 7.51. The van der Waals surface area contributed by atoms with Crippen molar-refractivity contribution in [2.45, 2.75) is 6.10 Å². The molecule has 1 fully saturated rings. The maximum absolute atomic E-state index is 12.6. The minimum Gasteiger partial charge on any atom is -0.373 e. The molecule has 1 amide bonds. The number of morpholine rings is 1. The summed E-state index contributed by atoms with van der Waals surface area (Å²) < 4.78 is 5.49. The molecule has 0 aliphatic carbocycles. The van der Waals surface area contributed by atoms with Gasteiger partial charge in [0.15, 0.2) is 0 Å². The molecule has 3 rings (SSSR count). The van der Waals surface area contributed by atoms with Gasteiger partial charge in [-0.05, 0) is 12.1 Å². The first-order chi connectivity index (χ1) is 10.3. The van der Waals surface area contributed by atoms with Crippen molar-refractivity contribution >= 4 is 30.7 Å². The molecule has 1 aliphatic heterocycles. The zero-order chi connectivity index (χ0) is 14.7. The van der Waals surface area contributed by atoms with Gasteiger partial charge in [0.25, 0.3) is 5.91 Å². The van der Waals surface area contributed by atoms with E-state index in [-0.39, 0.29) is 36.8 Å². The van der Waals surface area contributed by atoms with Crippen molar-refractivity contribution in [1.82, 2.24) is 14.9 Å². The smallest absolute Gasteiger partial charge is 0.254 e. The molecule has 2 heterocycles. The fraction of sp³-hybridized carbons (Fsp3) is 0.333. The van der Waals surface area contributed by atoms with Crippen LogP contribution in [-0.4, -0.2) is 53.1 Å². The number of H-pyrrole nitrogens is 1. The first kappa shape index (κ1) is 19.4. The highest BCUT2D eigenvalue weighted by Crippen LogP contribution is 2.18. The number of benzene rings is 1. The number of hydrogen-bond donors (Lipinski definition) is 2. The van der Waals surface area contributed by atoms with Crippen molar-refractivity contribution in [3.05, 3.63) is 42.2 Å². The number of amides is 1. The number of imidazole rings is 1. The Morgan fingerprint density at radius 2 is 2.26 bits per heavy atom. The Labute approximate surface area is 147 Å². The average molecular weight is 359 g/mol. The van der Waals surface area contributed by atoms with Gasteiger partial charge in [-0.2, -0.15) is 0 Å². The topological polar surface area (TPSA) is 84.2 Å². The lowest BCUT2D eigenvalue weighted by Crippen LogP contribution is -2.48. The number of halogens is 2. The van der Waals surface area contributed by atoms with E-state index in [1.165, 1.54) is 0 Å². The molecule has 1 atom stereocenters. The summed E-state index contributed by atoms with van der Waals surface area (Å²) in [4.78, 5) is 21.6. The summed E-state index contributed by atoms with van der Waals surface area (Å²) in [7, 11) is 0. The molecule has 8 heteroatoms. The monoisotopic (exact) mass is 358 g/mol. The summed E-state index contributed by atoms with van der Waals surface area (Å²) in [6, 6.07) is 7.47. The Bertz CT molecular complexity index is 622. The fourth-order valence-electron chi connectivity index (χ4n) is 2.45. The minimum absolute atomic E-state index is 0. The van der Waals surface area contributed by atoms with Gasteiger partial charge < -0.3 is 20.4 Å². The summed E-state index contributed by atoms with van der Waals surface area (Å²) in [5.41, 5.74) is 7.17. The van der Waals surface area contributed by atoms with Crippen LogP contribution in [0.4, 0.5) is 0 Å². The van der Waals surface area contributed by atoms with Crippen LogP contribution >= 0.6 is 24.8 Å². The van der Waals surface area contributed by atoms with Crippen LogP contribution in [0, 0.1) is 0 Å². The molecule has 1 unspecified atom stereocenters. The third kappa shape index (κ3) is 4.45. The van der Waals surface area contributed by atoms with Gasteiger partial charge >= 0.3 is 0 Å². The number of rotatable bonds is 3. The van der Waals surface area contributed by atoms with E-state index in [1.54, 1.807) is 17.3 Å². The molecule has 0 radical (unpaired) electrons. The number of carbonyl (C=O) groups excluding carboxylic acids is 1. The highest BCUT2D eigenvalue weighted by atomic mass is 35.5. The summed E-state index contributed by atoms with van der Waals surface area (Å²) in [5, 5.41) is 0. The van der Waals surface area contributed by atoms with Crippen molar-refractivity contribution < 1.29 is 9.53 Å². The van der Waals surface area contributed by atoms with Gasteiger partial charge in [-0.3, -0.25) is 4.79 Å². The second-order valence-electron chi connectivity index (χ2n) is 5.00. The number of ether oxygens (including phenoxy) is 1. The number of nitrogens with one attached hydrogen (secondary N) is 1. The summed E-state index contributed by atoms with van der Waals surface area (Å²) in [6.07, 6.45) is 3.38. The molecule has 126 valence electrons. The summed E-state index contributed by atoms with van der Waals surface area (Å²) in [6.45, 7) is 2.10. The van der Waals surface area contributed by atoms with E-state index in [0.717, 1.165) is 11.4 Å². The van der Waals surface area contributed by atoms with E-state index in [1.807, 2.05) is 24.3 Å². The maximum Gasteiger partial charge on any atom is 0.254 e. The first-order valence-electron chi connectivity index (χ1n) is 6.98. The second kappa shape index (κ2) is 8.88. The summed E-state index contributed by atoms with van der Waals surface area (Å²) >= 11 is 0. The van der Waals surface area contributed by atoms with E-state index < -0.39 is 0 Å². The van der Waals surface area contributed by atoms with Crippen molar-refractivity contribution in [2.75, 3.05) is 26.2 Å². The molecule has 1 aliphatic rings.